The van der Waals surface area contributed by atoms with Gasteiger partial charge < -0.3 is 4.90 Å². The lowest BCUT2D eigenvalue weighted by Gasteiger charge is -2.29. The maximum Gasteiger partial charge on any atom is 0.268 e. The van der Waals surface area contributed by atoms with Crippen molar-refractivity contribution in [1.29, 1.82) is 0 Å². The molecule has 1 heterocycles. The first kappa shape index (κ1) is 20.7. The van der Waals surface area contributed by atoms with E-state index in [9.17, 15) is 18.4 Å². The number of rotatable bonds is 5. The zero-order chi connectivity index (χ0) is 22.0. The van der Waals surface area contributed by atoms with E-state index in [2.05, 4.69) is 0 Å². The Hall–Kier alpha value is -3.58. The highest BCUT2D eigenvalue weighted by Gasteiger charge is 2.44. The van der Waals surface area contributed by atoms with E-state index in [1.165, 1.54) is 6.07 Å². The molecule has 158 valence electrons. The van der Waals surface area contributed by atoms with Crippen LogP contribution in [0.25, 0.3) is 0 Å². The number of amides is 2. The van der Waals surface area contributed by atoms with Crippen molar-refractivity contribution in [2.45, 2.75) is 19.7 Å². The quantitative estimate of drug-likeness (QED) is 0.613. The molecule has 0 saturated carbocycles. The van der Waals surface area contributed by atoms with E-state index >= 15 is 0 Å². The third kappa shape index (κ3) is 4.18. The van der Waals surface area contributed by atoms with E-state index in [0.29, 0.717) is 5.56 Å². The monoisotopic (exact) mass is 422 g/mol. The Balaban J connectivity index is 1.70. The highest BCUT2D eigenvalue weighted by molar-refractivity contribution is 5.98. The highest BCUT2D eigenvalue weighted by Crippen LogP contribution is 2.34. The van der Waals surface area contributed by atoms with Crippen molar-refractivity contribution in [2.24, 2.45) is 0 Å². The Morgan fingerprint density at radius 3 is 2.35 bits per heavy atom. The van der Waals surface area contributed by atoms with Crippen molar-refractivity contribution in [1.82, 2.24) is 9.96 Å². The Kier molecular flexibility index (Phi) is 5.77. The molecular formula is C24H20F2N2O3. The number of hydrogen-bond acceptors (Lipinski definition) is 3. The zero-order valence-corrected chi connectivity index (χ0v) is 16.8. The fraction of sp³-hybridized carbons (Fsp3) is 0.167. The van der Waals surface area contributed by atoms with Crippen LogP contribution < -0.4 is 0 Å². The molecule has 3 aromatic rings. The lowest BCUT2D eigenvalue weighted by atomic mass is 10.1. The third-order valence-electron chi connectivity index (χ3n) is 5.06. The summed E-state index contributed by atoms with van der Waals surface area (Å²) in [6.07, 6.45) is -0.956. The summed E-state index contributed by atoms with van der Waals surface area (Å²) in [7, 11) is 0. The van der Waals surface area contributed by atoms with Gasteiger partial charge in [0, 0.05) is 0 Å². The number of carbonyl (C=O) groups is 2. The van der Waals surface area contributed by atoms with Crippen molar-refractivity contribution >= 4 is 11.8 Å². The van der Waals surface area contributed by atoms with Gasteiger partial charge in [-0.05, 0) is 30.2 Å². The van der Waals surface area contributed by atoms with Gasteiger partial charge >= 0.3 is 0 Å². The molecule has 4 rings (SSSR count). The van der Waals surface area contributed by atoms with Gasteiger partial charge in [0.15, 0.2) is 6.17 Å². The average molecular weight is 422 g/mol. The summed E-state index contributed by atoms with van der Waals surface area (Å²) in [6, 6.07) is 19.7. The van der Waals surface area contributed by atoms with Crippen LogP contribution in [0.2, 0.25) is 0 Å². The number of carbonyl (C=O) groups excluding carboxylic acids is 2. The van der Waals surface area contributed by atoms with Crippen LogP contribution in [-0.4, -0.2) is 28.3 Å². The van der Waals surface area contributed by atoms with Gasteiger partial charge in [-0.2, -0.15) is 5.06 Å². The standard InChI is InChI=1S/C24H20F2N2O3/c1-16-7-5-10-18(13-16)23-27(24(30)22-19(25)11-6-12-20(22)26)14-21(29)28(23)31-15-17-8-3-2-4-9-17/h2-13,23H,14-15H2,1H3. The minimum atomic E-state index is -0.982. The Morgan fingerprint density at radius 1 is 1.00 bits per heavy atom. The minimum absolute atomic E-state index is 0.102. The van der Waals surface area contributed by atoms with E-state index in [-0.39, 0.29) is 13.2 Å². The molecule has 31 heavy (non-hydrogen) atoms. The van der Waals surface area contributed by atoms with Crippen LogP contribution in [0, 0.1) is 18.6 Å². The molecule has 0 N–H and O–H groups in total. The Labute approximate surface area is 178 Å². The topological polar surface area (TPSA) is 49.9 Å². The second kappa shape index (κ2) is 8.65. The highest BCUT2D eigenvalue weighted by atomic mass is 19.1. The molecule has 0 aromatic heterocycles. The van der Waals surface area contributed by atoms with Gasteiger partial charge in [-0.15, -0.1) is 0 Å². The van der Waals surface area contributed by atoms with Gasteiger partial charge in [-0.25, -0.2) is 8.78 Å². The molecule has 1 unspecified atom stereocenters. The van der Waals surface area contributed by atoms with E-state index < -0.39 is 35.2 Å². The van der Waals surface area contributed by atoms with Crippen molar-refractivity contribution in [3.05, 3.63) is 107 Å². The second-order valence-electron chi connectivity index (χ2n) is 7.30. The number of halogens is 2. The van der Waals surface area contributed by atoms with E-state index in [0.717, 1.165) is 33.2 Å². The Morgan fingerprint density at radius 2 is 1.68 bits per heavy atom. The molecule has 0 spiro atoms. The number of nitrogens with zero attached hydrogens (tertiary/aromatic N) is 2. The molecule has 1 fully saturated rings. The normalized spacial score (nSPS) is 16.1. The molecular weight excluding hydrogens is 402 g/mol. The van der Waals surface area contributed by atoms with E-state index in [1.807, 2.05) is 43.3 Å². The molecule has 3 aromatic carbocycles. The fourth-order valence-electron chi connectivity index (χ4n) is 3.60. The van der Waals surface area contributed by atoms with Crippen molar-refractivity contribution < 1.29 is 23.2 Å². The molecule has 1 aliphatic rings. The maximum atomic E-state index is 14.3. The predicted octanol–water partition coefficient (Wildman–Crippen LogP) is 4.39. The first-order chi connectivity index (χ1) is 15.0. The molecule has 0 aliphatic carbocycles. The molecule has 1 saturated heterocycles. The van der Waals surface area contributed by atoms with Crippen LogP contribution >= 0.6 is 0 Å². The SMILES string of the molecule is Cc1cccc(C2N(C(=O)c3c(F)cccc3F)CC(=O)N2OCc2ccccc2)c1. The number of hydrogen-bond donors (Lipinski definition) is 0. The average Bonchev–Trinajstić information content (AvgIpc) is 3.09. The van der Waals surface area contributed by atoms with Crippen LogP contribution in [0.4, 0.5) is 8.78 Å². The van der Waals surface area contributed by atoms with Gasteiger partial charge in [-0.1, -0.05) is 66.2 Å². The van der Waals surface area contributed by atoms with Crippen LogP contribution in [0.1, 0.15) is 33.2 Å². The van der Waals surface area contributed by atoms with Gasteiger partial charge in [0.05, 0.1) is 0 Å². The largest absolute Gasteiger partial charge is 0.302 e. The molecule has 2 amide bonds. The summed E-state index contributed by atoms with van der Waals surface area (Å²) in [4.78, 5) is 32.8. The van der Waals surface area contributed by atoms with Crippen LogP contribution in [0.3, 0.4) is 0 Å². The maximum absolute atomic E-state index is 14.3. The third-order valence-corrected chi connectivity index (χ3v) is 5.06. The van der Waals surface area contributed by atoms with Gasteiger partial charge in [-0.3, -0.25) is 14.4 Å². The smallest absolute Gasteiger partial charge is 0.268 e. The second-order valence-corrected chi connectivity index (χ2v) is 7.30. The van der Waals surface area contributed by atoms with Crippen LogP contribution in [0.5, 0.6) is 0 Å². The first-order valence-corrected chi connectivity index (χ1v) is 9.76. The number of aryl methyl sites for hydroxylation is 1. The molecule has 1 atom stereocenters. The van der Waals surface area contributed by atoms with Crippen molar-refractivity contribution in [2.75, 3.05) is 6.54 Å². The minimum Gasteiger partial charge on any atom is -0.302 e. The fourth-order valence-corrected chi connectivity index (χ4v) is 3.60. The molecule has 1 aliphatic heterocycles. The van der Waals surface area contributed by atoms with E-state index in [4.69, 9.17) is 4.84 Å². The molecule has 0 bridgehead atoms. The first-order valence-electron chi connectivity index (χ1n) is 9.76. The lowest BCUT2D eigenvalue weighted by molar-refractivity contribution is -0.201. The molecule has 0 radical (unpaired) electrons. The lowest BCUT2D eigenvalue weighted by Crippen LogP contribution is -2.36. The summed E-state index contributed by atoms with van der Waals surface area (Å²) in [5.41, 5.74) is 1.65. The summed E-state index contributed by atoms with van der Waals surface area (Å²) >= 11 is 0. The summed E-state index contributed by atoms with van der Waals surface area (Å²) < 4.78 is 28.6. The van der Waals surface area contributed by atoms with Crippen molar-refractivity contribution in [3.8, 4) is 0 Å². The summed E-state index contributed by atoms with van der Waals surface area (Å²) in [5, 5.41) is 1.11. The predicted molar refractivity (Wildman–Crippen MR) is 109 cm³/mol. The zero-order valence-electron chi connectivity index (χ0n) is 16.8. The van der Waals surface area contributed by atoms with Gasteiger partial charge in [0.2, 0.25) is 0 Å². The van der Waals surface area contributed by atoms with Crippen molar-refractivity contribution in [3.63, 3.8) is 0 Å². The number of benzene rings is 3. The number of hydroxylamine groups is 2. The Bertz CT molecular complexity index is 1100. The van der Waals surface area contributed by atoms with Crippen LogP contribution in [-0.2, 0) is 16.2 Å². The summed E-state index contributed by atoms with van der Waals surface area (Å²) in [6.45, 7) is 1.61. The van der Waals surface area contributed by atoms with Gasteiger partial charge in [0.1, 0.15) is 30.3 Å². The molecule has 5 nitrogen and oxygen atoms in total. The van der Waals surface area contributed by atoms with Crippen LogP contribution in [0.15, 0.2) is 72.8 Å². The summed E-state index contributed by atoms with van der Waals surface area (Å²) in [5.74, 6) is -3.36. The van der Waals surface area contributed by atoms with E-state index in [1.54, 1.807) is 18.2 Å². The molecule has 7 heteroatoms. The van der Waals surface area contributed by atoms with Gasteiger partial charge in [0.25, 0.3) is 11.8 Å².